The lowest BCUT2D eigenvalue weighted by atomic mass is 9.70. The summed E-state index contributed by atoms with van der Waals surface area (Å²) in [7, 11) is 0. The fraction of sp³-hybridized carbons (Fsp3) is 0.553. The average Bonchev–Trinajstić information content (AvgIpc) is 3.67. The molecule has 0 aliphatic heterocycles. The molecular weight excluding hydrogens is 530 g/mol. The molecule has 0 spiro atoms. The van der Waals surface area contributed by atoms with E-state index in [-0.39, 0.29) is 5.41 Å². The van der Waals surface area contributed by atoms with Gasteiger partial charge in [0.1, 0.15) is 6.33 Å². The summed E-state index contributed by atoms with van der Waals surface area (Å²) in [5.41, 5.74) is 7.63. The van der Waals surface area contributed by atoms with Gasteiger partial charge in [0.15, 0.2) is 0 Å². The molecule has 1 atom stereocenters. The highest BCUT2D eigenvalue weighted by atomic mass is 16.7. The van der Waals surface area contributed by atoms with Crippen LogP contribution in [0.3, 0.4) is 0 Å². The highest BCUT2D eigenvalue weighted by Gasteiger charge is 2.42. The molecule has 43 heavy (non-hydrogen) atoms. The fourth-order valence-corrected chi connectivity index (χ4v) is 6.83. The number of benzene rings is 2. The van der Waals surface area contributed by atoms with E-state index in [1.54, 1.807) is 12.4 Å². The molecule has 2 aromatic carbocycles. The third-order valence-corrected chi connectivity index (χ3v) is 9.23. The SMILES string of the molecule is CCCCCCC/C(=N\OC(=O)n1ccnc1)c1ccc2c(c1)C(CCCCCC)(CCCCCCC)c1ccccc1-2. The fourth-order valence-electron chi connectivity index (χ4n) is 6.83. The number of fused-ring (bicyclic) bond motifs is 3. The van der Waals surface area contributed by atoms with Gasteiger partial charge in [-0.05, 0) is 59.6 Å². The van der Waals surface area contributed by atoms with Crippen molar-refractivity contribution in [2.24, 2.45) is 5.16 Å². The van der Waals surface area contributed by atoms with Crippen molar-refractivity contribution in [3.8, 4) is 11.1 Å². The highest BCUT2D eigenvalue weighted by Crippen LogP contribution is 2.54. The first kappa shape index (κ1) is 32.7. The Kier molecular flexibility index (Phi) is 13.1. The molecule has 1 aliphatic carbocycles. The van der Waals surface area contributed by atoms with Gasteiger partial charge in [0.05, 0.1) is 5.71 Å². The minimum Gasteiger partial charge on any atom is -0.297 e. The zero-order chi connectivity index (χ0) is 30.3. The molecule has 232 valence electrons. The Morgan fingerprint density at radius 2 is 1.40 bits per heavy atom. The summed E-state index contributed by atoms with van der Waals surface area (Å²) in [6.45, 7) is 6.82. The first-order chi connectivity index (χ1) is 21.1. The third-order valence-electron chi connectivity index (χ3n) is 9.23. The van der Waals surface area contributed by atoms with E-state index in [0.717, 1.165) is 30.5 Å². The monoisotopic (exact) mass is 583 g/mol. The van der Waals surface area contributed by atoms with Crippen LogP contribution in [0.25, 0.3) is 11.1 Å². The van der Waals surface area contributed by atoms with E-state index in [2.05, 4.69) is 73.4 Å². The molecule has 1 aromatic heterocycles. The van der Waals surface area contributed by atoms with Crippen molar-refractivity contribution in [2.75, 3.05) is 0 Å². The topological polar surface area (TPSA) is 56.5 Å². The van der Waals surface area contributed by atoms with Crippen LogP contribution in [-0.2, 0) is 10.3 Å². The molecule has 1 aliphatic rings. The maximum Gasteiger partial charge on any atom is 0.445 e. The average molecular weight is 584 g/mol. The van der Waals surface area contributed by atoms with Gasteiger partial charge in [-0.3, -0.25) is 4.84 Å². The maximum absolute atomic E-state index is 12.7. The molecule has 5 nitrogen and oxygen atoms in total. The van der Waals surface area contributed by atoms with Gasteiger partial charge >= 0.3 is 6.09 Å². The second kappa shape index (κ2) is 17.2. The molecule has 0 saturated heterocycles. The molecule has 0 radical (unpaired) electrons. The van der Waals surface area contributed by atoms with E-state index in [1.807, 2.05) is 0 Å². The second-order valence-electron chi connectivity index (χ2n) is 12.4. The summed E-state index contributed by atoms with van der Waals surface area (Å²) in [6, 6.07) is 16.0. The summed E-state index contributed by atoms with van der Waals surface area (Å²) in [5, 5.41) is 4.49. The van der Waals surface area contributed by atoms with E-state index >= 15 is 0 Å². The van der Waals surface area contributed by atoms with E-state index < -0.39 is 6.09 Å². The Labute approximate surface area is 260 Å². The summed E-state index contributed by atoms with van der Waals surface area (Å²) in [4.78, 5) is 22.1. The second-order valence-corrected chi connectivity index (χ2v) is 12.4. The van der Waals surface area contributed by atoms with Crippen LogP contribution in [0.1, 0.15) is 147 Å². The lowest BCUT2D eigenvalue weighted by molar-refractivity contribution is 0.152. The Morgan fingerprint density at radius 1 is 0.767 bits per heavy atom. The summed E-state index contributed by atoms with van der Waals surface area (Å²) in [6.07, 6.45) is 24.5. The van der Waals surface area contributed by atoms with Crippen LogP contribution in [0.5, 0.6) is 0 Å². The minimum atomic E-state index is -0.535. The van der Waals surface area contributed by atoms with Crippen molar-refractivity contribution in [1.82, 2.24) is 9.55 Å². The van der Waals surface area contributed by atoms with Gasteiger partial charge in [-0.1, -0.05) is 146 Å². The van der Waals surface area contributed by atoms with Gasteiger partial charge in [-0.2, -0.15) is 0 Å². The Morgan fingerprint density at radius 3 is 2.07 bits per heavy atom. The smallest absolute Gasteiger partial charge is 0.297 e. The number of oxime groups is 1. The number of rotatable bonds is 19. The van der Waals surface area contributed by atoms with Gasteiger partial charge in [0.2, 0.25) is 0 Å². The highest BCUT2D eigenvalue weighted by molar-refractivity contribution is 6.01. The van der Waals surface area contributed by atoms with Gasteiger partial charge in [0, 0.05) is 17.8 Å². The Balaban J connectivity index is 1.69. The number of aromatic nitrogens is 2. The minimum absolute atomic E-state index is 0.0155. The Bertz CT molecular complexity index is 1300. The molecule has 0 bridgehead atoms. The van der Waals surface area contributed by atoms with Crippen LogP contribution in [0.2, 0.25) is 0 Å². The standard InChI is InChI=1S/C38H53N3O2/c1-4-7-10-13-15-22-36(40-43-37(42)41-28-27-39-30-41)31-23-24-33-32-20-16-17-21-34(32)38(35(33)29-31,25-18-12-9-6-3)26-19-14-11-8-5-2/h16-17,20-21,23-24,27-30H,4-15,18-19,22,25-26H2,1-3H3/b40-36+. The maximum atomic E-state index is 12.7. The van der Waals surface area contributed by atoms with Gasteiger partial charge in [0.25, 0.3) is 0 Å². The summed E-state index contributed by atoms with van der Waals surface area (Å²) in [5.74, 6) is 0. The van der Waals surface area contributed by atoms with E-state index in [0.29, 0.717) is 0 Å². The molecule has 1 unspecified atom stereocenters. The number of unbranched alkanes of at least 4 members (excludes halogenated alkanes) is 11. The Hall–Kier alpha value is -3.21. The summed E-state index contributed by atoms with van der Waals surface area (Å²) >= 11 is 0. The van der Waals surface area contributed by atoms with Gasteiger partial charge < -0.3 is 0 Å². The van der Waals surface area contributed by atoms with Crippen LogP contribution >= 0.6 is 0 Å². The molecule has 0 amide bonds. The van der Waals surface area contributed by atoms with E-state index in [4.69, 9.17) is 4.84 Å². The quantitative estimate of drug-likeness (QED) is 0.0610. The first-order valence-electron chi connectivity index (χ1n) is 17.2. The number of carbonyl (C=O) groups excluding carboxylic acids is 1. The van der Waals surface area contributed by atoms with Crippen LogP contribution in [-0.4, -0.2) is 21.4 Å². The van der Waals surface area contributed by atoms with Gasteiger partial charge in [-0.15, -0.1) is 0 Å². The summed E-state index contributed by atoms with van der Waals surface area (Å²) < 4.78 is 1.32. The molecule has 4 rings (SSSR count). The number of carbonyl (C=O) groups is 1. The predicted molar refractivity (Wildman–Crippen MR) is 179 cm³/mol. The number of imidazole rings is 1. The van der Waals surface area contributed by atoms with E-state index in [9.17, 15) is 4.79 Å². The predicted octanol–water partition coefficient (Wildman–Crippen LogP) is 11.2. The lowest BCUT2D eigenvalue weighted by Crippen LogP contribution is -2.26. The molecule has 0 fully saturated rings. The van der Waals surface area contributed by atoms with Crippen LogP contribution in [0.4, 0.5) is 4.79 Å². The van der Waals surface area contributed by atoms with E-state index in [1.165, 1.54) is 123 Å². The molecule has 0 saturated carbocycles. The molecular formula is C38H53N3O2. The van der Waals surface area contributed by atoms with Crippen molar-refractivity contribution in [3.63, 3.8) is 0 Å². The lowest BCUT2D eigenvalue weighted by Gasteiger charge is -2.33. The van der Waals surface area contributed by atoms with Crippen molar-refractivity contribution in [1.29, 1.82) is 0 Å². The van der Waals surface area contributed by atoms with Crippen LogP contribution < -0.4 is 0 Å². The zero-order valence-corrected chi connectivity index (χ0v) is 27.0. The van der Waals surface area contributed by atoms with Crippen LogP contribution in [0.15, 0.2) is 66.3 Å². The normalized spacial score (nSPS) is 15.8. The van der Waals surface area contributed by atoms with Crippen molar-refractivity contribution < 1.29 is 9.63 Å². The molecule has 0 N–H and O–H groups in total. The first-order valence-corrected chi connectivity index (χ1v) is 17.2. The zero-order valence-electron chi connectivity index (χ0n) is 27.0. The largest absolute Gasteiger partial charge is 0.445 e. The van der Waals surface area contributed by atoms with Crippen molar-refractivity contribution in [2.45, 2.75) is 135 Å². The molecule has 3 aromatic rings. The number of hydrogen-bond donors (Lipinski definition) is 0. The number of nitrogens with zero attached hydrogens (tertiary/aromatic N) is 3. The van der Waals surface area contributed by atoms with Gasteiger partial charge in [-0.25, -0.2) is 14.3 Å². The van der Waals surface area contributed by atoms with Crippen molar-refractivity contribution >= 4 is 11.8 Å². The molecule has 1 heterocycles. The van der Waals surface area contributed by atoms with Crippen molar-refractivity contribution in [3.05, 3.63) is 77.9 Å². The number of hydrogen-bond acceptors (Lipinski definition) is 4. The van der Waals surface area contributed by atoms with Crippen LogP contribution in [0, 0.1) is 0 Å². The third kappa shape index (κ3) is 8.46. The molecule has 5 heteroatoms.